The van der Waals surface area contributed by atoms with Crippen molar-refractivity contribution in [1.82, 2.24) is 0 Å². The third-order valence-electron chi connectivity index (χ3n) is 4.16. The fourth-order valence-corrected chi connectivity index (χ4v) is 2.63. The first-order valence-corrected chi connectivity index (χ1v) is 8.62. The number of carbonyl (C=O) groups is 1. The third-order valence-corrected chi connectivity index (χ3v) is 4.16. The van der Waals surface area contributed by atoms with Crippen molar-refractivity contribution < 1.29 is 19.4 Å². The number of hydrogen-bond acceptors (Lipinski definition) is 7. The second-order valence-corrected chi connectivity index (χ2v) is 6.10. The van der Waals surface area contributed by atoms with Gasteiger partial charge in [-0.25, -0.2) is 0 Å². The molecule has 0 aliphatic heterocycles. The van der Waals surface area contributed by atoms with E-state index in [0.717, 1.165) is 6.07 Å². The molecule has 2 N–H and O–H groups in total. The Kier molecular flexibility index (Phi) is 5.87. The first kappa shape index (κ1) is 20.3. The van der Waals surface area contributed by atoms with Gasteiger partial charge >= 0.3 is 0 Å². The van der Waals surface area contributed by atoms with Gasteiger partial charge < -0.3 is 15.4 Å². The van der Waals surface area contributed by atoms with Crippen LogP contribution in [0.4, 0.5) is 28.4 Å². The van der Waals surface area contributed by atoms with Gasteiger partial charge in [-0.3, -0.25) is 25.0 Å². The highest BCUT2D eigenvalue weighted by molar-refractivity contribution is 6.04. The Hall–Kier alpha value is -4.47. The number of hydrogen-bond donors (Lipinski definition) is 2. The number of nitro groups is 2. The SMILES string of the molecule is COc1ccc(NC(=O)c2ccc(Nc3ccc([N+](=O)[O-])cc3[N+](=O)[O-])cc2)cc1. The highest BCUT2D eigenvalue weighted by Crippen LogP contribution is 2.31. The Balaban J connectivity index is 1.73. The highest BCUT2D eigenvalue weighted by atomic mass is 16.6. The zero-order valence-electron chi connectivity index (χ0n) is 15.7. The predicted octanol–water partition coefficient (Wildman–Crippen LogP) is 4.51. The summed E-state index contributed by atoms with van der Waals surface area (Å²) < 4.78 is 5.07. The number of ether oxygens (including phenoxy) is 1. The Labute approximate surface area is 170 Å². The van der Waals surface area contributed by atoms with Crippen molar-refractivity contribution in [2.24, 2.45) is 0 Å². The lowest BCUT2D eigenvalue weighted by molar-refractivity contribution is -0.393. The smallest absolute Gasteiger partial charge is 0.299 e. The predicted molar refractivity (Wildman–Crippen MR) is 110 cm³/mol. The molecule has 0 saturated heterocycles. The standard InChI is InChI=1S/C20H16N4O6/c1-30-17-9-6-15(7-10-17)22-20(25)13-2-4-14(5-3-13)21-18-11-8-16(23(26)27)12-19(18)24(28)29/h2-12,21H,1H3,(H,22,25). The van der Waals surface area contributed by atoms with Crippen molar-refractivity contribution in [1.29, 1.82) is 0 Å². The van der Waals surface area contributed by atoms with Crippen LogP contribution in [-0.2, 0) is 0 Å². The summed E-state index contributed by atoms with van der Waals surface area (Å²) in [5, 5.41) is 27.6. The minimum atomic E-state index is -0.702. The topological polar surface area (TPSA) is 137 Å². The van der Waals surface area contributed by atoms with Gasteiger partial charge in [0.2, 0.25) is 0 Å². The summed E-state index contributed by atoms with van der Waals surface area (Å²) in [5.41, 5.74) is 0.761. The van der Waals surface area contributed by atoms with Crippen LogP contribution in [-0.4, -0.2) is 22.9 Å². The van der Waals surface area contributed by atoms with E-state index < -0.39 is 15.5 Å². The molecular weight excluding hydrogens is 392 g/mol. The van der Waals surface area contributed by atoms with Gasteiger partial charge in [0.15, 0.2) is 0 Å². The van der Waals surface area contributed by atoms with Gasteiger partial charge in [0.25, 0.3) is 17.3 Å². The number of benzene rings is 3. The van der Waals surface area contributed by atoms with Crippen molar-refractivity contribution >= 4 is 34.3 Å². The molecule has 1 amide bonds. The molecule has 10 heteroatoms. The van der Waals surface area contributed by atoms with Crippen LogP contribution >= 0.6 is 0 Å². The van der Waals surface area contributed by atoms with Gasteiger partial charge in [0, 0.05) is 23.0 Å². The van der Waals surface area contributed by atoms with Gasteiger partial charge in [-0.05, 0) is 54.6 Å². The molecule has 3 aromatic rings. The second-order valence-electron chi connectivity index (χ2n) is 6.10. The Morgan fingerprint density at radius 2 is 1.50 bits per heavy atom. The summed E-state index contributed by atoms with van der Waals surface area (Å²) in [5.74, 6) is 0.344. The van der Waals surface area contributed by atoms with E-state index in [-0.39, 0.29) is 17.3 Å². The molecule has 0 aromatic heterocycles. The monoisotopic (exact) mass is 408 g/mol. The fraction of sp³-hybridized carbons (Fsp3) is 0.0500. The van der Waals surface area contributed by atoms with Gasteiger partial charge in [0.05, 0.1) is 23.0 Å². The molecule has 0 fully saturated rings. The molecule has 152 valence electrons. The lowest BCUT2D eigenvalue weighted by Gasteiger charge is -2.09. The lowest BCUT2D eigenvalue weighted by atomic mass is 10.1. The van der Waals surface area contributed by atoms with Crippen LogP contribution in [0.2, 0.25) is 0 Å². The molecule has 0 saturated carbocycles. The van der Waals surface area contributed by atoms with Crippen LogP contribution < -0.4 is 15.4 Å². The van der Waals surface area contributed by atoms with E-state index in [0.29, 0.717) is 22.7 Å². The number of methoxy groups -OCH3 is 1. The van der Waals surface area contributed by atoms with Crippen molar-refractivity contribution in [3.63, 3.8) is 0 Å². The molecule has 3 rings (SSSR count). The lowest BCUT2D eigenvalue weighted by Crippen LogP contribution is -2.11. The Bertz CT molecular complexity index is 1100. The highest BCUT2D eigenvalue weighted by Gasteiger charge is 2.19. The molecule has 0 spiro atoms. The van der Waals surface area contributed by atoms with Crippen LogP contribution in [0.25, 0.3) is 0 Å². The zero-order chi connectivity index (χ0) is 21.7. The van der Waals surface area contributed by atoms with E-state index in [1.165, 1.54) is 12.1 Å². The minimum Gasteiger partial charge on any atom is -0.497 e. The van der Waals surface area contributed by atoms with E-state index in [1.807, 2.05) is 0 Å². The molecular formula is C20H16N4O6. The van der Waals surface area contributed by atoms with Crippen LogP contribution in [0.5, 0.6) is 5.75 Å². The summed E-state index contributed by atoms with van der Waals surface area (Å²) >= 11 is 0. The van der Waals surface area contributed by atoms with Crippen LogP contribution in [0, 0.1) is 20.2 Å². The van der Waals surface area contributed by atoms with Crippen LogP contribution in [0.1, 0.15) is 10.4 Å². The van der Waals surface area contributed by atoms with Gasteiger partial charge in [-0.15, -0.1) is 0 Å². The Morgan fingerprint density at radius 3 is 2.07 bits per heavy atom. The van der Waals surface area contributed by atoms with E-state index in [4.69, 9.17) is 4.74 Å². The quantitative estimate of drug-likeness (QED) is 0.433. The number of amides is 1. The van der Waals surface area contributed by atoms with Gasteiger partial charge in [-0.1, -0.05) is 0 Å². The van der Waals surface area contributed by atoms with Crippen molar-refractivity contribution in [2.45, 2.75) is 0 Å². The molecule has 30 heavy (non-hydrogen) atoms. The summed E-state index contributed by atoms with van der Waals surface area (Å²) in [6.45, 7) is 0. The van der Waals surface area contributed by atoms with Crippen LogP contribution in [0.15, 0.2) is 66.7 Å². The fourth-order valence-electron chi connectivity index (χ4n) is 2.63. The molecule has 0 aliphatic carbocycles. The van der Waals surface area contributed by atoms with Crippen LogP contribution in [0.3, 0.4) is 0 Å². The number of nitro benzene ring substituents is 2. The molecule has 10 nitrogen and oxygen atoms in total. The molecule has 0 atom stereocenters. The largest absolute Gasteiger partial charge is 0.497 e. The van der Waals surface area contributed by atoms with Crippen molar-refractivity contribution in [3.8, 4) is 5.75 Å². The summed E-state index contributed by atoms with van der Waals surface area (Å²) in [6, 6.07) is 16.4. The molecule has 3 aromatic carbocycles. The number of non-ortho nitro benzene ring substituents is 1. The average Bonchev–Trinajstić information content (AvgIpc) is 2.74. The maximum absolute atomic E-state index is 12.4. The average molecular weight is 408 g/mol. The Morgan fingerprint density at radius 1 is 0.867 bits per heavy atom. The normalized spacial score (nSPS) is 10.2. The second kappa shape index (κ2) is 8.69. The summed E-state index contributed by atoms with van der Waals surface area (Å²) in [4.78, 5) is 33.0. The molecule has 0 radical (unpaired) electrons. The van der Waals surface area contributed by atoms with E-state index >= 15 is 0 Å². The minimum absolute atomic E-state index is 0.0982. The van der Waals surface area contributed by atoms with E-state index in [9.17, 15) is 25.0 Å². The number of carbonyl (C=O) groups excluding carboxylic acids is 1. The summed E-state index contributed by atoms with van der Waals surface area (Å²) in [7, 11) is 1.55. The number of anilines is 3. The van der Waals surface area contributed by atoms with Gasteiger partial charge in [0.1, 0.15) is 11.4 Å². The molecule has 0 bridgehead atoms. The first-order chi connectivity index (χ1) is 14.4. The van der Waals surface area contributed by atoms with Crippen molar-refractivity contribution in [2.75, 3.05) is 17.7 Å². The number of rotatable bonds is 7. The number of nitrogens with zero attached hydrogens (tertiary/aromatic N) is 2. The van der Waals surface area contributed by atoms with E-state index in [1.54, 1.807) is 55.6 Å². The maximum atomic E-state index is 12.4. The summed E-state index contributed by atoms with van der Waals surface area (Å²) in [6.07, 6.45) is 0. The number of nitrogens with one attached hydrogen (secondary N) is 2. The first-order valence-electron chi connectivity index (χ1n) is 8.62. The molecule has 0 unspecified atom stereocenters. The van der Waals surface area contributed by atoms with Gasteiger partial charge in [-0.2, -0.15) is 0 Å². The third kappa shape index (κ3) is 4.68. The molecule has 0 aliphatic rings. The van der Waals surface area contributed by atoms with Crippen molar-refractivity contribution in [3.05, 3.63) is 92.5 Å². The zero-order valence-corrected chi connectivity index (χ0v) is 15.7. The molecule has 0 heterocycles. The van der Waals surface area contributed by atoms with E-state index in [2.05, 4.69) is 10.6 Å². The maximum Gasteiger partial charge on any atom is 0.299 e.